The van der Waals surface area contributed by atoms with E-state index in [-0.39, 0.29) is 5.69 Å². The molecule has 2 aromatic heterocycles. The number of pyridine rings is 1. The molecule has 0 saturated carbocycles. The number of hydrogen-bond donors (Lipinski definition) is 1. The minimum atomic E-state index is -0.455. The van der Waals surface area contributed by atoms with Gasteiger partial charge in [-0.25, -0.2) is 9.67 Å². The first-order chi connectivity index (χ1) is 9.02. The van der Waals surface area contributed by atoms with Crippen LogP contribution < -0.4 is 5.32 Å². The van der Waals surface area contributed by atoms with Gasteiger partial charge in [-0.3, -0.25) is 10.1 Å². The van der Waals surface area contributed by atoms with E-state index < -0.39 is 4.92 Å². The number of anilines is 1. The molecular weight excluding hydrogens is 316 g/mol. The average Bonchev–Trinajstić information content (AvgIpc) is 2.69. The van der Waals surface area contributed by atoms with Crippen molar-refractivity contribution in [3.05, 3.63) is 26.9 Å². The number of nitro groups is 1. The topological polar surface area (TPSA) is 98.8 Å². The van der Waals surface area contributed by atoms with Crippen LogP contribution in [0.5, 0.6) is 0 Å². The highest BCUT2D eigenvalue weighted by Crippen LogP contribution is 2.28. The molecule has 0 radical (unpaired) electrons. The lowest BCUT2D eigenvalue weighted by molar-refractivity contribution is -0.384. The largest absolute Gasteiger partial charge is 0.370 e. The van der Waals surface area contributed by atoms with Gasteiger partial charge in [0.15, 0.2) is 4.60 Å². The second kappa shape index (κ2) is 5.31. The van der Waals surface area contributed by atoms with Gasteiger partial charge >= 0.3 is 0 Å². The monoisotopic (exact) mass is 326 g/mol. The van der Waals surface area contributed by atoms with Crippen LogP contribution in [0.1, 0.15) is 6.92 Å². The van der Waals surface area contributed by atoms with Gasteiger partial charge in [0.2, 0.25) is 0 Å². The maximum absolute atomic E-state index is 10.9. The van der Waals surface area contributed by atoms with Crippen molar-refractivity contribution in [2.45, 2.75) is 6.92 Å². The standard InChI is InChI=1S/C10H11BrN6O2/c1-3-12-8-5-6(17(18)19)4-7(13-8)9-10(11)14-15-16(9)2/h4-5H,3H2,1-2H3,(H,12,13). The Labute approximate surface area is 117 Å². The Kier molecular flexibility index (Phi) is 3.74. The fraction of sp³-hybridized carbons (Fsp3) is 0.300. The van der Waals surface area contributed by atoms with E-state index in [4.69, 9.17) is 0 Å². The molecule has 2 heterocycles. The summed E-state index contributed by atoms with van der Waals surface area (Å²) in [6, 6.07) is 2.79. The lowest BCUT2D eigenvalue weighted by atomic mass is 10.2. The Morgan fingerprint density at radius 2 is 2.26 bits per heavy atom. The van der Waals surface area contributed by atoms with Crippen LogP contribution >= 0.6 is 15.9 Å². The van der Waals surface area contributed by atoms with Crippen molar-refractivity contribution in [3.8, 4) is 11.4 Å². The number of aryl methyl sites for hydroxylation is 1. The number of nitrogens with zero attached hydrogens (tertiary/aromatic N) is 5. The highest BCUT2D eigenvalue weighted by atomic mass is 79.9. The molecule has 0 aliphatic heterocycles. The molecule has 1 N–H and O–H groups in total. The SMILES string of the molecule is CCNc1cc([N+](=O)[O-])cc(-c2c(Br)nnn2C)n1. The molecule has 9 heteroatoms. The van der Waals surface area contributed by atoms with Gasteiger partial charge in [0.05, 0.1) is 11.0 Å². The van der Waals surface area contributed by atoms with Crippen LogP contribution in [-0.2, 0) is 7.05 Å². The predicted molar refractivity (Wildman–Crippen MR) is 72.8 cm³/mol. The van der Waals surface area contributed by atoms with Crippen LogP contribution in [-0.4, -0.2) is 31.4 Å². The van der Waals surface area contributed by atoms with Crippen molar-refractivity contribution in [2.75, 3.05) is 11.9 Å². The molecule has 0 unspecified atom stereocenters. The zero-order chi connectivity index (χ0) is 14.0. The normalized spacial score (nSPS) is 10.5. The Hall–Kier alpha value is -2.03. The summed E-state index contributed by atoms with van der Waals surface area (Å²) in [5.41, 5.74) is 0.987. The predicted octanol–water partition coefficient (Wildman–Crippen LogP) is 1.98. The minimum Gasteiger partial charge on any atom is -0.370 e. The van der Waals surface area contributed by atoms with E-state index >= 15 is 0 Å². The van der Waals surface area contributed by atoms with Gasteiger partial charge in [-0.2, -0.15) is 0 Å². The first-order valence-corrected chi connectivity index (χ1v) is 6.28. The van der Waals surface area contributed by atoms with Crippen LogP contribution in [0.3, 0.4) is 0 Å². The molecule has 0 aromatic carbocycles. The number of hydrogen-bond acceptors (Lipinski definition) is 6. The zero-order valence-electron chi connectivity index (χ0n) is 10.3. The summed E-state index contributed by atoms with van der Waals surface area (Å²) in [5, 5.41) is 21.6. The Bertz CT molecular complexity index is 607. The Morgan fingerprint density at radius 3 is 2.79 bits per heavy atom. The van der Waals surface area contributed by atoms with Crippen molar-refractivity contribution in [3.63, 3.8) is 0 Å². The third-order valence-corrected chi connectivity index (χ3v) is 2.94. The van der Waals surface area contributed by atoms with Crippen LogP contribution in [0.15, 0.2) is 16.7 Å². The fourth-order valence-electron chi connectivity index (χ4n) is 1.62. The highest BCUT2D eigenvalue weighted by Gasteiger charge is 2.17. The van der Waals surface area contributed by atoms with E-state index in [0.717, 1.165) is 0 Å². The van der Waals surface area contributed by atoms with Crippen LogP contribution in [0, 0.1) is 10.1 Å². The lowest BCUT2D eigenvalue weighted by Gasteiger charge is -2.06. The molecule has 0 spiro atoms. The second-order valence-electron chi connectivity index (χ2n) is 3.74. The fourth-order valence-corrected chi connectivity index (χ4v) is 2.15. The second-order valence-corrected chi connectivity index (χ2v) is 4.49. The van der Waals surface area contributed by atoms with Gasteiger partial charge in [-0.05, 0) is 22.9 Å². The summed E-state index contributed by atoms with van der Waals surface area (Å²) in [6.07, 6.45) is 0. The first kappa shape index (κ1) is 13.4. The third-order valence-electron chi connectivity index (χ3n) is 2.41. The summed E-state index contributed by atoms with van der Waals surface area (Å²) in [4.78, 5) is 14.8. The molecule has 2 aromatic rings. The van der Waals surface area contributed by atoms with E-state index in [9.17, 15) is 10.1 Å². The highest BCUT2D eigenvalue weighted by molar-refractivity contribution is 9.10. The van der Waals surface area contributed by atoms with Crippen molar-refractivity contribution < 1.29 is 4.92 Å². The van der Waals surface area contributed by atoms with Gasteiger partial charge in [-0.1, -0.05) is 5.21 Å². The minimum absolute atomic E-state index is 0.0333. The molecular formula is C10H11BrN6O2. The van der Waals surface area contributed by atoms with E-state index in [1.807, 2.05) is 6.92 Å². The summed E-state index contributed by atoms with van der Waals surface area (Å²) in [5.74, 6) is 0.444. The van der Waals surface area contributed by atoms with Gasteiger partial charge in [0, 0.05) is 19.7 Å². The summed E-state index contributed by atoms with van der Waals surface area (Å²) < 4.78 is 2.00. The third kappa shape index (κ3) is 2.70. The number of halogens is 1. The first-order valence-electron chi connectivity index (χ1n) is 5.48. The van der Waals surface area contributed by atoms with E-state index in [1.165, 1.54) is 16.8 Å². The molecule has 19 heavy (non-hydrogen) atoms. The van der Waals surface area contributed by atoms with Crippen LogP contribution in [0.4, 0.5) is 11.5 Å². The zero-order valence-corrected chi connectivity index (χ0v) is 11.9. The summed E-state index contributed by atoms with van der Waals surface area (Å²) >= 11 is 3.25. The Morgan fingerprint density at radius 1 is 1.53 bits per heavy atom. The molecule has 0 aliphatic rings. The summed E-state index contributed by atoms with van der Waals surface area (Å²) in [7, 11) is 1.69. The maximum atomic E-state index is 10.9. The van der Waals surface area contributed by atoms with Crippen molar-refractivity contribution in [1.29, 1.82) is 0 Å². The smallest absolute Gasteiger partial charge is 0.275 e. The summed E-state index contributed by atoms with van der Waals surface area (Å²) in [6.45, 7) is 2.51. The van der Waals surface area contributed by atoms with Gasteiger partial charge in [0.1, 0.15) is 17.2 Å². The van der Waals surface area contributed by atoms with Crippen LogP contribution in [0.25, 0.3) is 11.4 Å². The van der Waals surface area contributed by atoms with Crippen molar-refractivity contribution in [1.82, 2.24) is 20.0 Å². The van der Waals surface area contributed by atoms with E-state index in [1.54, 1.807) is 7.05 Å². The molecule has 2 rings (SSSR count). The maximum Gasteiger partial charge on any atom is 0.275 e. The van der Waals surface area contributed by atoms with Crippen molar-refractivity contribution >= 4 is 27.4 Å². The van der Waals surface area contributed by atoms with Gasteiger partial charge in [0.25, 0.3) is 5.69 Å². The van der Waals surface area contributed by atoms with E-state index in [0.29, 0.717) is 28.4 Å². The number of nitrogens with one attached hydrogen (secondary N) is 1. The molecule has 0 aliphatic carbocycles. The number of rotatable bonds is 4. The molecule has 0 saturated heterocycles. The molecule has 0 atom stereocenters. The molecule has 0 fully saturated rings. The van der Waals surface area contributed by atoms with Crippen molar-refractivity contribution in [2.24, 2.45) is 7.05 Å². The Balaban J connectivity index is 2.59. The van der Waals surface area contributed by atoms with Crippen LogP contribution in [0.2, 0.25) is 0 Å². The molecule has 0 bridgehead atoms. The molecule has 0 amide bonds. The average molecular weight is 327 g/mol. The lowest BCUT2D eigenvalue weighted by Crippen LogP contribution is -2.03. The quantitative estimate of drug-likeness (QED) is 0.681. The molecule has 8 nitrogen and oxygen atoms in total. The van der Waals surface area contributed by atoms with Gasteiger partial charge in [-0.15, -0.1) is 5.10 Å². The van der Waals surface area contributed by atoms with E-state index in [2.05, 4.69) is 36.5 Å². The molecule has 100 valence electrons. The number of aromatic nitrogens is 4. The van der Waals surface area contributed by atoms with Gasteiger partial charge < -0.3 is 5.32 Å².